The highest BCUT2D eigenvalue weighted by Gasteiger charge is 2.17. The second-order valence-electron chi connectivity index (χ2n) is 7.44. The van der Waals surface area contributed by atoms with Gasteiger partial charge < -0.3 is 15.4 Å². The van der Waals surface area contributed by atoms with Crippen molar-refractivity contribution in [1.82, 2.24) is 14.8 Å². The van der Waals surface area contributed by atoms with Gasteiger partial charge in [-0.25, -0.2) is 0 Å². The maximum absolute atomic E-state index is 12.6. The molecule has 0 saturated carbocycles. The average molecular weight is 508 g/mol. The Morgan fingerprint density at radius 2 is 1.54 bits per heavy atom. The van der Waals surface area contributed by atoms with E-state index >= 15 is 0 Å². The van der Waals surface area contributed by atoms with E-state index < -0.39 is 0 Å². The van der Waals surface area contributed by atoms with Crippen LogP contribution in [-0.4, -0.2) is 39.4 Å². The Kier molecular flexibility index (Phi) is 7.69. The Hall–Kier alpha value is -3.82. The quantitative estimate of drug-likeness (QED) is 0.315. The van der Waals surface area contributed by atoms with E-state index in [1.807, 2.05) is 41.0 Å². The van der Waals surface area contributed by atoms with E-state index in [0.717, 1.165) is 17.0 Å². The number of ether oxygens (including phenoxy) is 1. The van der Waals surface area contributed by atoms with E-state index in [-0.39, 0.29) is 17.6 Å². The van der Waals surface area contributed by atoms with E-state index in [9.17, 15) is 9.59 Å². The molecule has 4 aromatic rings. The minimum absolute atomic E-state index is 0.127. The van der Waals surface area contributed by atoms with Crippen molar-refractivity contribution >= 4 is 46.6 Å². The molecule has 1 heterocycles. The fraction of sp³-hybridized carbons (Fsp3) is 0.120. The first-order valence-electron chi connectivity index (χ1n) is 10.6. The summed E-state index contributed by atoms with van der Waals surface area (Å²) < 4.78 is 7.16. The first-order chi connectivity index (χ1) is 16.9. The number of carbonyl (C=O) groups excluding carboxylic acids is 2. The van der Waals surface area contributed by atoms with Crippen LogP contribution < -0.4 is 15.4 Å². The van der Waals surface area contributed by atoms with Gasteiger partial charge in [0.05, 0.1) is 12.9 Å². The first kappa shape index (κ1) is 24.3. The van der Waals surface area contributed by atoms with Crippen LogP contribution in [0.4, 0.5) is 11.4 Å². The van der Waals surface area contributed by atoms with Gasteiger partial charge in [0.1, 0.15) is 5.75 Å². The minimum atomic E-state index is -0.195. The van der Waals surface area contributed by atoms with Gasteiger partial charge in [-0.05, 0) is 72.8 Å². The van der Waals surface area contributed by atoms with Crippen molar-refractivity contribution in [3.63, 3.8) is 0 Å². The highest BCUT2D eigenvalue weighted by atomic mass is 35.5. The fourth-order valence-electron chi connectivity index (χ4n) is 3.28. The molecular weight excluding hydrogens is 486 g/mol. The molecule has 2 N–H and O–H groups in total. The van der Waals surface area contributed by atoms with Crippen LogP contribution in [0, 0.1) is 0 Å². The van der Waals surface area contributed by atoms with Gasteiger partial charge in [-0.15, -0.1) is 10.2 Å². The van der Waals surface area contributed by atoms with E-state index in [1.54, 1.807) is 43.5 Å². The number of hydrogen-bond acceptors (Lipinski definition) is 6. The zero-order chi connectivity index (χ0) is 24.8. The second-order valence-corrected chi connectivity index (χ2v) is 8.82. The number of nitrogens with one attached hydrogen (secondary N) is 2. The van der Waals surface area contributed by atoms with Crippen LogP contribution >= 0.6 is 23.4 Å². The standard InChI is InChI=1S/C25H22ClN5O3S/c1-16(32)27-19-7-9-20(10-8-19)28-23(33)15-35-25-30-29-24(17-3-5-18(26)6-4-17)31(25)21-11-13-22(34-2)14-12-21/h3-14H,15H2,1-2H3,(H,27,32)(H,28,33). The van der Waals surface area contributed by atoms with Crippen LogP contribution in [0.2, 0.25) is 5.02 Å². The summed E-state index contributed by atoms with van der Waals surface area (Å²) in [6, 6.07) is 21.8. The fourth-order valence-corrected chi connectivity index (χ4v) is 4.16. The Bertz CT molecular complexity index is 1320. The molecule has 0 aliphatic rings. The molecule has 35 heavy (non-hydrogen) atoms. The summed E-state index contributed by atoms with van der Waals surface area (Å²) in [6.07, 6.45) is 0. The molecular formula is C25H22ClN5O3S. The second kappa shape index (κ2) is 11.1. The van der Waals surface area contributed by atoms with Crippen LogP contribution in [-0.2, 0) is 9.59 Å². The molecule has 3 aromatic carbocycles. The highest BCUT2D eigenvalue weighted by molar-refractivity contribution is 7.99. The van der Waals surface area contributed by atoms with Crippen LogP contribution in [0.5, 0.6) is 5.75 Å². The summed E-state index contributed by atoms with van der Waals surface area (Å²) in [5, 5.41) is 15.5. The lowest BCUT2D eigenvalue weighted by Crippen LogP contribution is -2.14. The Morgan fingerprint density at radius 1 is 0.914 bits per heavy atom. The zero-order valence-corrected chi connectivity index (χ0v) is 20.6. The lowest BCUT2D eigenvalue weighted by Gasteiger charge is -2.11. The van der Waals surface area contributed by atoms with Gasteiger partial charge in [-0.1, -0.05) is 23.4 Å². The summed E-state index contributed by atoms with van der Waals surface area (Å²) in [5.41, 5.74) is 2.96. The molecule has 0 radical (unpaired) electrons. The van der Waals surface area contributed by atoms with Gasteiger partial charge in [-0.3, -0.25) is 14.2 Å². The number of rotatable bonds is 8. The van der Waals surface area contributed by atoms with Gasteiger partial charge in [-0.2, -0.15) is 0 Å². The van der Waals surface area contributed by atoms with Gasteiger partial charge in [0, 0.05) is 34.6 Å². The molecule has 0 aliphatic heterocycles. The number of carbonyl (C=O) groups is 2. The number of nitrogens with zero attached hydrogens (tertiary/aromatic N) is 3. The number of hydrogen-bond donors (Lipinski definition) is 2. The van der Waals surface area contributed by atoms with E-state index in [2.05, 4.69) is 20.8 Å². The lowest BCUT2D eigenvalue weighted by atomic mass is 10.2. The predicted octanol–water partition coefficient (Wildman–Crippen LogP) is 5.29. The van der Waals surface area contributed by atoms with Crippen LogP contribution in [0.1, 0.15) is 6.92 Å². The van der Waals surface area contributed by atoms with Crippen LogP contribution in [0.25, 0.3) is 17.1 Å². The van der Waals surface area contributed by atoms with E-state index in [1.165, 1.54) is 18.7 Å². The number of amides is 2. The van der Waals surface area contributed by atoms with Gasteiger partial charge in [0.15, 0.2) is 11.0 Å². The highest BCUT2D eigenvalue weighted by Crippen LogP contribution is 2.29. The van der Waals surface area contributed by atoms with Crippen molar-refractivity contribution in [2.45, 2.75) is 12.1 Å². The maximum atomic E-state index is 12.6. The molecule has 2 amide bonds. The Labute approximate surface area is 211 Å². The Balaban J connectivity index is 1.53. The van der Waals surface area contributed by atoms with Crippen molar-refractivity contribution in [2.75, 3.05) is 23.5 Å². The van der Waals surface area contributed by atoms with Gasteiger partial charge in [0.25, 0.3) is 0 Å². The third-order valence-electron chi connectivity index (χ3n) is 4.89. The molecule has 0 atom stereocenters. The van der Waals surface area contributed by atoms with Crippen molar-refractivity contribution in [3.05, 3.63) is 77.8 Å². The molecule has 0 spiro atoms. The number of halogens is 1. The van der Waals surface area contributed by atoms with Crippen molar-refractivity contribution in [2.24, 2.45) is 0 Å². The molecule has 0 unspecified atom stereocenters. The third kappa shape index (κ3) is 6.20. The summed E-state index contributed by atoms with van der Waals surface area (Å²) in [5.74, 6) is 1.13. The number of aromatic nitrogens is 3. The van der Waals surface area contributed by atoms with Crippen molar-refractivity contribution < 1.29 is 14.3 Å². The number of benzene rings is 3. The molecule has 0 fully saturated rings. The third-order valence-corrected chi connectivity index (χ3v) is 6.07. The smallest absolute Gasteiger partial charge is 0.234 e. The number of thioether (sulfide) groups is 1. The SMILES string of the molecule is COc1ccc(-n2c(SCC(=O)Nc3ccc(NC(C)=O)cc3)nnc2-c2ccc(Cl)cc2)cc1. The van der Waals surface area contributed by atoms with Crippen molar-refractivity contribution in [1.29, 1.82) is 0 Å². The Morgan fingerprint density at radius 3 is 2.14 bits per heavy atom. The topological polar surface area (TPSA) is 98.1 Å². The number of anilines is 2. The van der Waals surface area contributed by atoms with E-state index in [0.29, 0.717) is 27.4 Å². The van der Waals surface area contributed by atoms with Gasteiger partial charge >= 0.3 is 0 Å². The predicted molar refractivity (Wildman–Crippen MR) is 138 cm³/mol. The molecule has 8 nitrogen and oxygen atoms in total. The van der Waals surface area contributed by atoms with Crippen LogP contribution in [0.15, 0.2) is 78.0 Å². The summed E-state index contributed by atoms with van der Waals surface area (Å²) in [7, 11) is 1.61. The summed E-state index contributed by atoms with van der Waals surface area (Å²) >= 11 is 7.32. The molecule has 0 saturated heterocycles. The molecule has 1 aromatic heterocycles. The monoisotopic (exact) mass is 507 g/mol. The normalized spacial score (nSPS) is 10.6. The minimum Gasteiger partial charge on any atom is -0.497 e. The zero-order valence-electron chi connectivity index (χ0n) is 19.0. The average Bonchev–Trinajstić information content (AvgIpc) is 3.28. The largest absolute Gasteiger partial charge is 0.497 e. The molecule has 178 valence electrons. The molecule has 0 aliphatic carbocycles. The molecule has 4 rings (SSSR count). The lowest BCUT2D eigenvalue weighted by molar-refractivity contribution is -0.114. The van der Waals surface area contributed by atoms with Crippen molar-refractivity contribution in [3.8, 4) is 22.8 Å². The van der Waals surface area contributed by atoms with Gasteiger partial charge in [0.2, 0.25) is 11.8 Å². The van der Waals surface area contributed by atoms with Crippen LogP contribution in [0.3, 0.4) is 0 Å². The number of methoxy groups -OCH3 is 1. The maximum Gasteiger partial charge on any atom is 0.234 e. The molecule has 0 bridgehead atoms. The van der Waals surface area contributed by atoms with E-state index in [4.69, 9.17) is 16.3 Å². The summed E-state index contributed by atoms with van der Waals surface area (Å²) in [6.45, 7) is 1.44. The summed E-state index contributed by atoms with van der Waals surface area (Å²) in [4.78, 5) is 23.8. The molecule has 10 heteroatoms. The first-order valence-corrected chi connectivity index (χ1v) is 12.0.